The fourth-order valence-electron chi connectivity index (χ4n) is 3.96. The number of rotatable bonds is 3. The molecule has 0 bridgehead atoms. The Bertz CT molecular complexity index is 301. The van der Waals surface area contributed by atoms with Gasteiger partial charge in [0.2, 0.25) is 0 Å². The van der Waals surface area contributed by atoms with E-state index in [0.29, 0.717) is 11.5 Å². The van der Waals surface area contributed by atoms with Crippen molar-refractivity contribution in [1.82, 2.24) is 4.90 Å². The van der Waals surface area contributed by atoms with Crippen molar-refractivity contribution in [3.05, 3.63) is 0 Å². The molecule has 1 aliphatic carbocycles. The molecule has 0 amide bonds. The van der Waals surface area contributed by atoms with Gasteiger partial charge in [-0.1, -0.05) is 33.1 Å². The zero-order valence-corrected chi connectivity index (χ0v) is 12.1. The molecule has 2 unspecified atom stereocenters. The lowest BCUT2D eigenvalue weighted by Gasteiger charge is -2.32. The van der Waals surface area contributed by atoms with Crippen LogP contribution in [-0.4, -0.2) is 24.0 Å². The van der Waals surface area contributed by atoms with Gasteiger partial charge in [0, 0.05) is 12.6 Å². The lowest BCUT2D eigenvalue weighted by atomic mass is 9.81. The maximum Gasteiger partial charge on any atom is 0.0672 e. The fourth-order valence-corrected chi connectivity index (χ4v) is 3.96. The van der Waals surface area contributed by atoms with E-state index in [2.05, 4.69) is 24.8 Å². The number of nitriles is 1. The number of likely N-dealkylation sites (tertiary alicyclic amines) is 1. The second-order valence-corrected chi connectivity index (χ2v) is 6.37. The highest BCUT2D eigenvalue weighted by Gasteiger charge is 2.40. The highest BCUT2D eigenvalue weighted by atomic mass is 15.2. The Labute approximate surface area is 112 Å². The van der Waals surface area contributed by atoms with Gasteiger partial charge in [-0.25, -0.2) is 0 Å². The number of nitrogens with zero attached hydrogens (tertiary/aromatic N) is 2. The molecule has 0 aromatic heterocycles. The summed E-state index contributed by atoms with van der Waals surface area (Å²) in [6.45, 7) is 7.14. The molecule has 1 heterocycles. The molecule has 2 atom stereocenters. The second-order valence-electron chi connectivity index (χ2n) is 6.37. The van der Waals surface area contributed by atoms with Crippen LogP contribution in [0.15, 0.2) is 0 Å². The van der Waals surface area contributed by atoms with E-state index in [-0.39, 0.29) is 5.92 Å². The highest BCUT2D eigenvalue weighted by molar-refractivity contribution is 4.99. The first-order valence-electron chi connectivity index (χ1n) is 7.88. The lowest BCUT2D eigenvalue weighted by Crippen LogP contribution is -2.39. The van der Waals surface area contributed by atoms with Gasteiger partial charge in [0.25, 0.3) is 0 Å². The molecule has 0 aromatic rings. The predicted octanol–water partition coefficient (Wildman–Crippen LogP) is 3.97. The fraction of sp³-hybridized carbons (Fsp3) is 0.938. The molecule has 0 N–H and O–H groups in total. The van der Waals surface area contributed by atoms with Crippen molar-refractivity contribution in [3.8, 4) is 6.07 Å². The quantitative estimate of drug-likeness (QED) is 0.707. The van der Waals surface area contributed by atoms with Gasteiger partial charge in [-0.3, -0.25) is 4.90 Å². The second kappa shape index (κ2) is 6.06. The monoisotopic (exact) mass is 248 g/mol. The van der Waals surface area contributed by atoms with Crippen molar-refractivity contribution >= 4 is 0 Å². The van der Waals surface area contributed by atoms with Gasteiger partial charge in [-0.05, 0) is 44.1 Å². The first kappa shape index (κ1) is 13.9. The first-order valence-corrected chi connectivity index (χ1v) is 7.88. The van der Waals surface area contributed by atoms with Crippen molar-refractivity contribution in [2.75, 3.05) is 13.1 Å². The van der Waals surface area contributed by atoms with Crippen LogP contribution in [0.1, 0.15) is 65.2 Å². The summed E-state index contributed by atoms with van der Waals surface area (Å²) in [4.78, 5) is 2.66. The summed E-state index contributed by atoms with van der Waals surface area (Å²) in [5.74, 6) is 0.289. The topological polar surface area (TPSA) is 27.0 Å². The average molecular weight is 248 g/mol. The summed E-state index contributed by atoms with van der Waals surface area (Å²) >= 11 is 0. The molecular formula is C16H28N2. The van der Waals surface area contributed by atoms with Crippen LogP contribution in [0.2, 0.25) is 0 Å². The van der Waals surface area contributed by atoms with E-state index in [1.54, 1.807) is 0 Å². The van der Waals surface area contributed by atoms with Crippen LogP contribution >= 0.6 is 0 Å². The normalized spacial score (nSPS) is 32.9. The van der Waals surface area contributed by atoms with Gasteiger partial charge < -0.3 is 0 Å². The summed E-state index contributed by atoms with van der Waals surface area (Å²) in [7, 11) is 0. The van der Waals surface area contributed by atoms with E-state index >= 15 is 0 Å². The van der Waals surface area contributed by atoms with E-state index < -0.39 is 0 Å². The Morgan fingerprint density at radius 3 is 2.50 bits per heavy atom. The van der Waals surface area contributed by atoms with Gasteiger partial charge in [-0.15, -0.1) is 0 Å². The van der Waals surface area contributed by atoms with Crippen LogP contribution in [0.25, 0.3) is 0 Å². The standard InChI is InChI=1S/C16H28N2/c1-3-16(4-2)10-11-18(13-16)15-9-7-5-6-8-14(15)12-17/h14-15H,3-11,13H2,1-2H3. The minimum absolute atomic E-state index is 0.289. The van der Waals surface area contributed by atoms with Gasteiger partial charge in [0.05, 0.1) is 12.0 Å². The summed E-state index contributed by atoms with van der Waals surface area (Å²) < 4.78 is 0. The van der Waals surface area contributed by atoms with Gasteiger partial charge >= 0.3 is 0 Å². The molecule has 0 aromatic carbocycles. The summed E-state index contributed by atoms with van der Waals surface area (Å²) in [5.41, 5.74) is 0.548. The van der Waals surface area contributed by atoms with Crippen molar-refractivity contribution in [2.24, 2.45) is 11.3 Å². The number of hydrogen-bond donors (Lipinski definition) is 0. The third-order valence-electron chi connectivity index (χ3n) is 5.58. The first-order chi connectivity index (χ1) is 8.74. The predicted molar refractivity (Wildman–Crippen MR) is 75.2 cm³/mol. The average Bonchev–Trinajstić information content (AvgIpc) is 2.70. The van der Waals surface area contributed by atoms with E-state index in [1.165, 1.54) is 58.0 Å². The van der Waals surface area contributed by atoms with E-state index in [1.807, 2.05) is 0 Å². The molecule has 2 rings (SSSR count). The molecule has 1 saturated heterocycles. The summed E-state index contributed by atoms with van der Waals surface area (Å²) in [6, 6.07) is 3.15. The SMILES string of the molecule is CCC1(CC)CCN(C2CCCCCC2C#N)C1. The number of hydrogen-bond acceptors (Lipinski definition) is 2. The van der Waals surface area contributed by atoms with Crippen molar-refractivity contribution < 1.29 is 0 Å². The molecule has 1 aliphatic heterocycles. The van der Waals surface area contributed by atoms with Crippen molar-refractivity contribution in [3.63, 3.8) is 0 Å². The molecule has 0 spiro atoms. The third kappa shape index (κ3) is 2.72. The Morgan fingerprint density at radius 1 is 1.17 bits per heavy atom. The molecule has 18 heavy (non-hydrogen) atoms. The summed E-state index contributed by atoms with van der Waals surface area (Å²) in [6.07, 6.45) is 10.2. The maximum absolute atomic E-state index is 9.41. The largest absolute Gasteiger partial charge is 0.299 e. The Hall–Kier alpha value is -0.550. The van der Waals surface area contributed by atoms with Crippen LogP contribution in [0.3, 0.4) is 0 Å². The van der Waals surface area contributed by atoms with Crippen molar-refractivity contribution in [1.29, 1.82) is 5.26 Å². The Balaban J connectivity index is 2.04. The minimum Gasteiger partial charge on any atom is -0.299 e. The highest BCUT2D eigenvalue weighted by Crippen LogP contribution is 2.40. The molecule has 1 saturated carbocycles. The minimum atomic E-state index is 0.289. The maximum atomic E-state index is 9.41. The molecule has 2 heteroatoms. The Morgan fingerprint density at radius 2 is 1.89 bits per heavy atom. The smallest absolute Gasteiger partial charge is 0.0672 e. The van der Waals surface area contributed by atoms with E-state index in [9.17, 15) is 5.26 Å². The Kier molecular flexibility index (Phi) is 4.67. The van der Waals surface area contributed by atoms with Gasteiger partial charge in [0.15, 0.2) is 0 Å². The van der Waals surface area contributed by atoms with Crippen LogP contribution in [0.4, 0.5) is 0 Å². The van der Waals surface area contributed by atoms with E-state index in [0.717, 1.165) is 6.42 Å². The van der Waals surface area contributed by atoms with Crippen LogP contribution in [0.5, 0.6) is 0 Å². The van der Waals surface area contributed by atoms with Crippen LogP contribution in [-0.2, 0) is 0 Å². The van der Waals surface area contributed by atoms with Crippen molar-refractivity contribution in [2.45, 2.75) is 71.3 Å². The zero-order chi connectivity index (χ0) is 13.0. The molecule has 0 radical (unpaired) electrons. The molecular weight excluding hydrogens is 220 g/mol. The van der Waals surface area contributed by atoms with Crippen LogP contribution < -0.4 is 0 Å². The molecule has 2 aliphatic rings. The van der Waals surface area contributed by atoms with Gasteiger partial charge in [0.1, 0.15) is 0 Å². The molecule has 102 valence electrons. The third-order valence-corrected chi connectivity index (χ3v) is 5.58. The van der Waals surface area contributed by atoms with Gasteiger partial charge in [-0.2, -0.15) is 5.26 Å². The molecule has 2 fully saturated rings. The lowest BCUT2D eigenvalue weighted by molar-refractivity contribution is 0.158. The summed E-state index contributed by atoms with van der Waals surface area (Å²) in [5, 5.41) is 9.41. The molecule has 2 nitrogen and oxygen atoms in total. The zero-order valence-electron chi connectivity index (χ0n) is 12.1. The van der Waals surface area contributed by atoms with E-state index in [4.69, 9.17) is 0 Å². The van der Waals surface area contributed by atoms with Crippen LogP contribution in [0, 0.1) is 22.7 Å².